The number of ether oxygens (including phenoxy) is 2. The molecule has 1 atom stereocenters. The summed E-state index contributed by atoms with van der Waals surface area (Å²) in [6.45, 7) is 0.942. The lowest BCUT2D eigenvalue weighted by atomic mass is 10.1. The van der Waals surface area contributed by atoms with E-state index in [9.17, 15) is 18.0 Å². The summed E-state index contributed by atoms with van der Waals surface area (Å²) in [7, 11) is 0. The number of carbonyl (C=O) groups excluding carboxylic acids is 1. The summed E-state index contributed by atoms with van der Waals surface area (Å²) < 4.78 is 49.0. The molecule has 9 nitrogen and oxygen atoms in total. The van der Waals surface area contributed by atoms with Gasteiger partial charge in [0.1, 0.15) is 17.6 Å². The van der Waals surface area contributed by atoms with Gasteiger partial charge < -0.3 is 31.3 Å². The van der Waals surface area contributed by atoms with Crippen LogP contribution in [0.15, 0.2) is 54.7 Å². The minimum Gasteiger partial charge on any atom is -0.484 e. The molecule has 5 N–H and O–H groups in total. The maximum atomic E-state index is 12.7. The number of nitrogens with one attached hydrogen (secondary N) is 3. The molecule has 0 spiro atoms. The normalized spacial score (nSPS) is 13.9. The van der Waals surface area contributed by atoms with E-state index < -0.39 is 24.7 Å². The number of nitrogens with zero attached hydrogens (tertiary/aromatic N) is 2. The van der Waals surface area contributed by atoms with Crippen LogP contribution in [0.2, 0.25) is 0 Å². The van der Waals surface area contributed by atoms with Gasteiger partial charge in [0.25, 0.3) is 5.91 Å². The van der Waals surface area contributed by atoms with Gasteiger partial charge in [-0.05, 0) is 36.8 Å². The van der Waals surface area contributed by atoms with Crippen molar-refractivity contribution in [1.82, 2.24) is 15.3 Å². The lowest BCUT2D eigenvalue weighted by Crippen LogP contribution is -2.44. The summed E-state index contributed by atoms with van der Waals surface area (Å²) >= 11 is 0. The summed E-state index contributed by atoms with van der Waals surface area (Å²) in [6, 6.07) is 12.0. The molecular formula is C26H25F3N6O3. The summed E-state index contributed by atoms with van der Waals surface area (Å²) in [5.74, 6) is 0.325. The minimum atomic E-state index is -4.54. The highest BCUT2D eigenvalue weighted by atomic mass is 19.4. The molecule has 1 amide bonds. The van der Waals surface area contributed by atoms with Crippen LogP contribution >= 0.6 is 0 Å². The van der Waals surface area contributed by atoms with E-state index in [0.717, 1.165) is 29.4 Å². The number of alkyl halides is 3. The minimum absolute atomic E-state index is 0.276. The van der Waals surface area contributed by atoms with E-state index in [1.165, 1.54) is 12.4 Å². The molecule has 1 aromatic heterocycles. The molecule has 0 saturated heterocycles. The fraction of sp³-hybridized carbons (Fsp3) is 0.231. The number of benzene rings is 2. The van der Waals surface area contributed by atoms with Gasteiger partial charge in [0.05, 0.1) is 18.9 Å². The average Bonchev–Trinajstić information content (AvgIpc) is 3.38. The first kappa shape index (κ1) is 26.6. The summed E-state index contributed by atoms with van der Waals surface area (Å²) in [6.07, 6.45) is -2.00. The number of fused-ring (bicyclic) bond motifs is 1. The van der Waals surface area contributed by atoms with Gasteiger partial charge in [-0.2, -0.15) is 13.2 Å². The smallest absolute Gasteiger partial charge is 0.408 e. The lowest BCUT2D eigenvalue weighted by molar-refractivity contribution is -0.158. The second-order valence-corrected chi connectivity index (χ2v) is 8.43. The van der Waals surface area contributed by atoms with Gasteiger partial charge in [0.15, 0.2) is 12.4 Å². The van der Waals surface area contributed by atoms with Crippen molar-refractivity contribution >= 4 is 29.2 Å². The highest BCUT2D eigenvalue weighted by Crippen LogP contribution is 2.31. The van der Waals surface area contributed by atoms with Gasteiger partial charge in [0.2, 0.25) is 0 Å². The Morgan fingerprint density at radius 2 is 1.97 bits per heavy atom. The number of nitrogens with two attached hydrogens (primary N) is 1. The molecule has 1 aliphatic heterocycles. The van der Waals surface area contributed by atoms with Crippen LogP contribution in [0.5, 0.6) is 5.75 Å². The highest BCUT2D eigenvalue weighted by molar-refractivity contribution is 6.08. The van der Waals surface area contributed by atoms with Crippen molar-refractivity contribution in [2.75, 3.05) is 11.9 Å². The Balaban J connectivity index is 1.52. The van der Waals surface area contributed by atoms with Gasteiger partial charge >= 0.3 is 6.18 Å². The van der Waals surface area contributed by atoms with E-state index >= 15 is 0 Å². The van der Waals surface area contributed by atoms with Crippen molar-refractivity contribution < 1.29 is 27.4 Å². The molecule has 0 fully saturated rings. The van der Waals surface area contributed by atoms with E-state index in [2.05, 4.69) is 15.3 Å². The summed E-state index contributed by atoms with van der Waals surface area (Å²) in [4.78, 5) is 21.1. The number of halogens is 3. The number of carbonyl (C=O) groups is 1. The Hall–Kier alpha value is -4.45. The summed E-state index contributed by atoms with van der Waals surface area (Å²) in [5, 5.41) is 12.6. The van der Waals surface area contributed by atoms with Gasteiger partial charge in [-0.3, -0.25) is 4.79 Å². The third-order valence-electron chi connectivity index (χ3n) is 5.72. The van der Waals surface area contributed by atoms with Crippen LogP contribution in [0.25, 0.3) is 17.0 Å². The maximum absolute atomic E-state index is 12.7. The predicted octanol–water partition coefficient (Wildman–Crippen LogP) is 4.31. The number of allylic oxidation sites excluding steroid dienone is 1. The number of hydrogen-bond donors (Lipinski definition) is 4. The fourth-order valence-corrected chi connectivity index (χ4v) is 3.63. The SMILES string of the molecule is CC(NC(=O)COc1cccc(-c2nc3c(c(Nc4ccc(/C(C=N)=C/N)cc4)n2)COC3)c1)C(F)(F)F. The predicted molar refractivity (Wildman–Crippen MR) is 136 cm³/mol. The molecule has 1 aliphatic rings. The topological polar surface area (TPSA) is 135 Å². The molecule has 38 heavy (non-hydrogen) atoms. The third kappa shape index (κ3) is 6.27. The van der Waals surface area contributed by atoms with Crippen LogP contribution in [-0.4, -0.2) is 40.9 Å². The highest BCUT2D eigenvalue weighted by Gasteiger charge is 2.37. The van der Waals surface area contributed by atoms with E-state index in [-0.39, 0.29) is 5.75 Å². The summed E-state index contributed by atoms with van der Waals surface area (Å²) in [5.41, 5.74) is 9.83. The van der Waals surface area contributed by atoms with Crippen molar-refractivity contribution in [1.29, 1.82) is 5.41 Å². The van der Waals surface area contributed by atoms with Crippen molar-refractivity contribution in [2.45, 2.75) is 32.4 Å². The molecule has 1 unspecified atom stereocenters. The van der Waals surface area contributed by atoms with Crippen molar-refractivity contribution in [3.63, 3.8) is 0 Å². The molecule has 2 aromatic carbocycles. The van der Waals surface area contributed by atoms with Crippen molar-refractivity contribution in [2.24, 2.45) is 5.73 Å². The zero-order valence-corrected chi connectivity index (χ0v) is 20.3. The number of hydrogen-bond acceptors (Lipinski definition) is 8. The van der Waals surface area contributed by atoms with E-state index in [0.29, 0.717) is 36.0 Å². The van der Waals surface area contributed by atoms with E-state index in [4.69, 9.17) is 20.6 Å². The van der Waals surface area contributed by atoms with E-state index in [1.807, 2.05) is 29.6 Å². The Morgan fingerprint density at radius 1 is 1.21 bits per heavy atom. The van der Waals surface area contributed by atoms with Crippen molar-refractivity contribution in [3.8, 4) is 17.1 Å². The fourth-order valence-electron chi connectivity index (χ4n) is 3.63. The zero-order valence-electron chi connectivity index (χ0n) is 20.3. The lowest BCUT2D eigenvalue weighted by Gasteiger charge is -2.17. The van der Waals surface area contributed by atoms with Crippen molar-refractivity contribution in [3.05, 3.63) is 71.6 Å². The van der Waals surface area contributed by atoms with E-state index in [1.54, 1.807) is 24.3 Å². The third-order valence-corrected chi connectivity index (χ3v) is 5.72. The monoisotopic (exact) mass is 526 g/mol. The molecule has 4 rings (SSSR count). The molecule has 12 heteroatoms. The molecule has 3 aromatic rings. The number of rotatable bonds is 9. The van der Waals surface area contributed by atoms with Crippen LogP contribution in [0.4, 0.5) is 24.7 Å². The standard InChI is InChI=1S/C26H25F3N6O3/c1-15(26(27,28)29)32-23(36)14-38-20-4-2-3-17(9-20)24-34-22-13-37-12-21(22)25(35-24)33-19-7-5-16(6-8-19)18(10-30)11-31/h2-11,15,30H,12-14,31H2,1H3,(H,32,36)(H,33,34,35)/b18-11+,30-10?. The number of anilines is 2. The Bertz CT molecular complexity index is 1360. The van der Waals surface area contributed by atoms with Crippen LogP contribution in [0.1, 0.15) is 23.7 Å². The molecule has 0 aliphatic carbocycles. The Kier molecular flexibility index (Phi) is 7.91. The van der Waals surface area contributed by atoms with Gasteiger partial charge in [0, 0.05) is 34.8 Å². The van der Waals surface area contributed by atoms with Crippen LogP contribution in [-0.2, 0) is 22.7 Å². The number of amides is 1. The first-order valence-corrected chi connectivity index (χ1v) is 11.5. The molecule has 0 saturated carbocycles. The maximum Gasteiger partial charge on any atom is 0.408 e. The Labute approximate surface area is 216 Å². The van der Waals surface area contributed by atoms with Gasteiger partial charge in [-0.25, -0.2) is 9.97 Å². The van der Waals surface area contributed by atoms with Crippen LogP contribution in [0, 0.1) is 5.41 Å². The molecular weight excluding hydrogens is 501 g/mol. The van der Waals surface area contributed by atoms with Crippen LogP contribution < -0.4 is 21.1 Å². The first-order chi connectivity index (χ1) is 18.2. The Morgan fingerprint density at radius 3 is 2.66 bits per heavy atom. The quantitative estimate of drug-likeness (QED) is 0.305. The molecule has 0 bridgehead atoms. The second-order valence-electron chi connectivity index (χ2n) is 8.43. The zero-order chi connectivity index (χ0) is 27.3. The van der Waals surface area contributed by atoms with Crippen LogP contribution in [0.3, 0.4) is 0 Å². The largest absolute Gasteiger partial charge is 0.484 e. The van der Waals surface area contributed by atoms with Gasteiger partial charge in [-0.1, -0.05) is 24.3 Å². The average molecular weight is 527 g/mol. The molecule has 0 radical (unpaired) electrons. The first-order valence-electron chi connectivity index (χ1n) is 11.5. The molecule has 198 valence electrons. The number of aromatic nitrogens is 2. The van der Waals surface area contributed by atoms with Gasteiger partial charge in [-0.15, -0.1) is 0 Å². The second kappa shape index (κ2) is 11.3. The molecule has 2 heterocycles.